The molecule has 0 saturated heterocycles. The van der Waals surface area contributed by atoms with Crippen molar-refractivity contribution in [3.8, 4) is 6.07 Å². The Bertz CT molecular complexity index is 451. The van der Waals surface area contributed by atoms with E-state index in [-0.39, 0.29) is 17.7 Å². The van der Waals surface area contributed by atoms with Crippen molar-refractivity contribution in [3.05, 3.63) is 11.3 Å². The average molecular weight is 218 g/mol. The van der Waals surface area contributed by atoms with Crippen LogP contribution in [0, 0.1) is 17.2 Å². The highest BCUT2D eigenvalue weighted by molar-refractivity contribution is 5.94. The molecule has 1 amide bonds. The van der Waals surface area contributed by atoms with Gasteiger partial charge in [-0.1, -0.05) is 13.8 Å². The lowest BCUT2D eigenvalue weighted by atomic mass is 10.1. The highest BCUT2D eigenvalue weighted by atomic mass is 16.2. The zero-order valence-corrected chi connectivity index (χ0v) is 9.37. The van der Waals surface area contributed by atoms with Gasteiger partial charge < -0.3 is 5.32 Å². The van der Waals surface area contributed by atoms with Crippen LogP contribution in [0.4, 0.5) is 5.82 Å². The largest absolute Gasteiger partial charge is 0.308 e. The quantitative estimate of drug-likeness (QED) is 0.810. The molecule has 1 aliphatic rings. The van der Waals surface area contributed by atoms with Gasteiger partial charge in [-0.2, -0.15) is 10.4 Å². The van der Waals surface area contributed by atoms with E-state index in [1.807, 2.05) is 13.8 Å². The third-order valence-corrected chi connectivity index (χ3v) is 2.67. The molecule has 16 heavy (non-hydrogen) atoms. The van der Waals surface area contributed by atoms with Crippen molar-refractivity contribution in [2.24, 2.45) is 5.92 Å². The summed E-state index contributed by atoms with van der Waals surface area (Å²) >= 11 is 0. The number of aromatic amines is 1. The molecular weight excluding hydrogens is 204 g/mol. The van der Waals surface area contributed by atoms with E-state index in [0.717, 1.165) is 18.5 Å². The summed E-state index contributed by atoms with van der Waals surface area (Å²) in [4.78, 5) is 11.5. The first-order valence-electron chi connectivity index (χ1n) is 5.42. The Labute approximate surface area is 93.8 Å². The maximum absolute atomic E-state index is 11.5. The summed E-state index contributed by atoms with van der Waals surface area (Å²) in [5.74, 6) is 0.640. The molecule has 2 N–H and O–H groups in total. The molecule has 5 nitrogen and oxygen atoms in total. The van der Waals surface area contributed by atoms with Crippen LogP contribution in [0.15, 0.2) is 0 Å². The molecule has 1 aliphatic carbocycles. The smallest absolute Gasteiger partial charge is 0.228 e. The second-order valence-electron chi connectivity index (χ2n) is 4.39. The van der Waals surface area contributed by atoms with Crippen molar-refractivity contribution < 1.29 is 4.79 Å². The number of nitrogens with one attached hydrogen (secondary N) is 2. The van der Waals surface area contributed by atoms with E-state index in [1.54, 1.807) is 0 Å². The van der Waals surface area contributed by atoms with Gasteiger partial charge in [-0.3, -0.25) is 9.89 Å². The van der Waals surface area contributed by atoms with E-state index in [4.69, 9.17) is 5.26 Å². The summed E-state index contributed by atoms with van der Waals surface area (Å²) in [5.41, 5.74) is 1.22. The van der Waals surface area contributed by atoms with Crippen LogP contribution in [-0.4, -0.2) is 16.1 Å². The maximum Gasteiger partial charge on any atom is 0.228 e. The Hall–Kier alpha value is -1.83. The lowest BCUT2D eigenvalue weighted by Gasteiger charge is -2.02. The van der Waals surface area contributed by atoms with E-state index >= 15 is 0 Å². The number of rotatable bonds is 3. The molecule has 1 aromatic heterocycles. The van der Waals surface area contributed by atoms with E-state index in [0.29, 0.717) is 11.4 Å². The summed E-state index contributed by atoms with van der Waals surface area (Å²) in [6.07, 6.45) is 1.88. The fourth-order valence-electron chi connectivity index (χ4n) is 1.54. The Morgan fingerprint density at radius 2 is 2.31 bits per heavy atom. The first-order chi connectivity index (χ1) is 7.63. The van der Waals surface area contributed by atoms with Gasteiger partial charge in [0, 0.05) is 5.92 Å². The summed E-state index contributed by atoms with van der Waals surface area (Å²) in [5, 5.41) is 18.5. The molecule has 0 atom stereocenters. The average Bonchev–Trinajstić information content (AvgIpc) is 3.00. The molecule has 1 fully saturated rings. The molecular formula is C11H14N4O. The lowest BCUT2D eigenvalue weighted by molar-refractivity contribution is -0.117. The standard InChI is InChI=1S/C11H14N4O/c1-6(2)9-8(5-12)10(15-14-9)13-11(16)7-3-4-7/h6-7H,3-4H2,1-2H3,(H2,13,14,15,16). The minimum absolute atomic E-state index is 0.0293. The Kier molecular flexibility index (Phi) is 2.65. The van der Waals surface area contributed by atoms with Gasteiger partial charge in [0.1, 0.15) is 11.6 Å². The van der Waals surface area contributed by atoms with Crippen LogP contribution in [-0.2, 0) is 4.79 Å². The number of aromatic nitrogens is 2. The summed E-state index contributed by atoms with van der Waals surface area (Å²) in [7, 11) is 0. The molecule has 0 bridgehead atoms. The lowest BCUT2D eigenvalue weighted by Crippen LogP contribution is -2.14. The monoisotopic (exact) mass is 218 g/mol. The van der Waals surface area contributed by atoms with Gasteiger partial charge >= 0.3 is 0 Å². The zero-order chi connectivity index (χ0) is 11.7. The Morgan fingerprint density at radius 1 is 1.62 bits per heavy atom. The second-order valence-corrected chi connectivity index (χ2v) is 4.39. The predicted octanol–water partition coefficient (Wildman–Crippen LogP) is 1.75. The SMILES string of the molecule is CC(C)c1[nH]nc(NC(=O)C2CC2)c1C#N. The molecule has 84 valence electrons. The molecule has 1 saturated carbocycles. The molecule has 0 radical (unpaired) electrons. The van der Waals surface area contributed by atoms with Crippen LogP contribution in [0.5, 0.6) is 0 Å². The minimum Gasteiger partial charge on any atom is -0.308 e. The number of amides is 1. The molecule has 0 aromatic carbocycles. The Morgan fingerprint density at radius 3 is 2.81 bits per heavy atom. The third-order valence-electron chi connectivity index (χ3n) is 2.67. The van der Waals surface area contributed by atoms with Gasteiger partial charge in [0.25, 0.3) is 0 Å². The van der Waals surface area contributed by atoms with Crippen molar-refractivity contribution >= 4 is 11.7 Å². The van der Waals surface area contributed by atoms with Crippen LogP contribution in [0.2, 0.25) is 0 Å². The van der Waals surface area contributed by atoms with Crippen LogP contribution in [0.25, 0.3) is 0 Å². The number of carbonyl (C=O) groups excluding carboxylic acids is 1. The molecule has 1 heterocycles. The van der Waals surface area contributed by atoms with Gasteiger partial charge in [-0.15, -0.1) is 0 Å². The third kappa shape index (κ3) is 1.91. The molecule has 0 unspecified atom stereocenters. The van der Waals surface area contributed by atoms with E-state index in [9.17, 15) is 4.79 Å². The first-order valence-corrected chi connectivity index (χ1v) is 5.42. The normalized spacial score (nSPS) is 14.9. The van der Waals surface area contributed by atoms with Gasteiger partial charge in [0.2, 0.25) is 5.91 Å². The van der Waals surface area contributed by atoms with Crippen LogP contribution < -0.4 is 5.32 Å². The molecule has 1 aromatic rings. The van der Waals surface area contributed by atoms with Gasteiger partial charge in [0.05, 0.1) is 5.69 Å². The summed E-state index contributed by atoms with van der Waals surface area (Å²) in [6.45, 7) is 3.95. The fraction of sp³-hybridized carbons (Fsp3) is 0.545. The van der Waals surface area contributed by atoms with Crippen molar-refractivity contribution in [2.75, 3.05) is 5.32 Å². The zero-order valence-electron chi connectivity index (χ0n) is 9.37. The van der Waals surface area contributed by atoms with Crippen molar-refractivity contribution in [1.82, 2.24) is 10.2 Å². The van der Waals surface area contributed by atoms with Crippen LogP contribution in [0.1, 0.15) is 43.9 Å². The fourth-order valence-corrected chi connectivity index (χ4v) is 1.54. The first kappa shape index (κ1) is 10.7. The molecule has 0 spiro atoms. The van der Waals surface area contributed by atoms with Gasteiger partial charge in [0.15, 0.2) is 5.82 Å². The highest BCUT2D eigenvalue weighted by Crippen LogP contribution is 2.31. The molecule has 2 rings (SSSR count). The number of nitrogens with zero attached hydrogens (tertiary/aromatic N) is 2. The summed E-state index contributed by atoms with van der Waals surface area (Å²) < 4.78 is 0. The number of hydrogen-bond donors (Lipinski definition) is 2. The van der Waals surface area contributed by atoms with E-state index in [1.165, 1.54) is 0 Å². The van der Waals surface area contributed by atoms with Crippen LogP contribution in [0.3, 0.4) is 0 Å². The molecule has 0 aliphatic heterocycles. The number of anilines is 1. The predicted molar refractivity (Wildman–Crippen MR) is 58.7 cm³/mol. The van der Waals surface area contributed by atoms with Crippen molar-refractivity contribution in [3.63, 3.8) is 0 Å². The van der Waals surface area contributed by atoms with Gasteiger partial charge in [-0.05, 0) is 18.8 Å². The van der Waals surface area contributed by atoms with E-state index in [2.05, 4.69) is 21.6 Å². The van der Waals surface area contributed by atoms with E-state index < -0.39 is 0 Å². The minimum atomic E-state index is -0.0293. The van der Waals surface area contributed by atoms with Gasteiger partial charge in [-0.25, -0.2) is 0 Å². The molecule has 5 heteroatoms. The van der Waals surface area contributed by atoms with Crippen molar-refractivity contribution in [2.45, 2.75) is 32.6 Å². The topological polar surface area (TPSA) is 81.6 Å². The number of carbonyl (C=O) groups is 1. The number of H-pyrrole nitrogens is 1. The van der Waals surface area contributed by atoms with Crippen LogP contribution >= 0.6 is 0 Å². The summed E-state index contributed by atoms with van der Waals surface area (Å²) in [6, 6.07) is 2.08. The number of nitriles is 1. The Balaban J connectivity index is 2.20. The highest BCUT2D eigenvalue weighted by Gasteiger charge is 2.31. The van der Waals surface area contributed by atoms with Crippen molar-refractivity contribution in [1.29, 1.82) is 5.26 Å². The maximum atomic E-state index is 11.5. The second kappa shape index (κ2) is 3.97. The number of hydrogen-bond acceptors (Lipinski definition) is 3.